The van der Waals surface area contributed by atoms with Crippen molar-refractivity contribution >= 4 is 28.5 Å². The summed E-state index contributed by atoms with van der Waals surface area (Å²) in [7, 11) is 0. The van der Waals surface area contributed by atoms with Gasteiger partial charge in [0, 0.05) is 3.57 Å². The van der Waals surface area contributed by atoms with Crippen molar-refractivity contribution in [2.75, 3.05) is 6.61 Å². The SMILES string of the molecule is Cc1nc(C(=O)NOCC2CC2)ccc1I. The lowest BCUT2D eigenvalue weighted by molar-refractivity contribution is 0.0266. The minimum absolute atomic E-state index is 0.278. The van der Waals surface area contributed by atoms with Crippen LogP contribution in [0.3, 0.4) is 0 Å². The highest BCUT2D eigenvalue weighted by molar-refractivity contribution is 14.1. The molecule has 0 unspecified atom stereocenters. The van der Waals surface area contributed by atoms with Gasteiger partial charge in [-0.15, -0.1) is 0 Å². The highest BCUT2D eigenvalue weighted by Gasteiger charge is 2.22. The normalized spacial score (nSPS) is 14.9. The highest BCUT2D eigenvalue weighted by Crippen LogP contribution is 2.28. The fourth-order valence-corrected chi connectivity index (χ4v) is 1.53. The van der Waals surface area contributed by atoms with E-state index in [0.717, 1.165) is 9.26 Å². The molecule has 0 bridgehead atoms. The first-order chi connectivity index (χ1) is 7.66. The van der Waals surface area contributed by atoms with Crippen LogP contribution in [0.2, 0.25) is 0 Å². The van der Waals surface area contributed by atoms with Crippen LogP contribution in [0.15, 0.2) is 12.1 Å². The van der Waals surface area contributed by atoms with E-state index in [-0.39, 0.29) is 5.91 Å². The summed E-state index contributed by atoms with van der Waals surface area (Å²) in [6.45, 7) is 2.48. The molecule has 0 radical (unpaired) electrons. The number of hydroxylamine groups is 1. The van der Waals surface area contributed by atoms with Crippen LogP contribution in [0.4, 0.5) is 0 Å². The van der Waals surface area contributed by atoms with Crippen molar-refractivity contribution in [2.24, 2.45) is 5.92 Å². The van der Waals surface area contributed by atoms with E-state index in [9.17, 15) is 4.79 Å². The lowest BCUT2D eigenvalue weighted by Gasteiger charge is -2.05. The molecule has 0 aromatic carbocycles. The molecule has 16 heavy (non-hydrogen) atoms. The minimum Gasteiger partial charge on any atom is -0.273 e. The topological polar surface area (TPSA) is 51.2 Å². The number of rotatable bonds is 4. The molecule has 1 saturated carbocycles. The molecule has 2 rings (SSSR count). The van der Waals surface area contributed by atoms with E-state index >= 15 is 0 Å². The van der Waals surface area contributed by atoms with E-state index in [4.69, 9.17) is 4.84 Å². The van der Waals surface area contributed by atoms with Gasteiger partial charge in [-0.3, -0.25) is 9.63 Å². The minimum atomic E-state index is -0.278. The Bertz CT molecular complexity index is 405. The van der Waals surface area contributed by atoms with E-state index in [2.05, 4.69) is 33.1 Å². The molecule has 4 nitrogen and oxygen atoms in total. The standard InChI is InChI=1S/C11H13IN2O2/c1-7-9(12)4-5-10(13-7)11(15)14-16-6-8-2-3-8/h4-5,8H,2-3,6H2,1H3,(H,14,15). The largest absolute Gasteiger partial charge is 0.293 e. The number of aromatic nitrogens is 1. The molecule has 86 valence electrons. The van der Waals surface area contributed by atoms with Gasteiger partial charge in [0.05, 0.1) is 12.3 Å². The molecule has 0 aliphatic heterocycles. The van der Waals surface area contributed by atoms with E-state index < -0.39 is 0 Å². The molecule has 1 aromatic heterocycles. The molecule has 1 amide bonds. The molecular weight excluding hydrogens is 319 g/mol. The summed E-state index contributed by atoms with van der Waals surface area (Å²) in [4.78, 5) is 20.9. The Morgan fingerprint density at radius 2 is 2.38 bits per heavy atom. The molecule has 5 heteroatoms. The van der Waals surface area contributed by atoms with Crippen LogP contribution < -0.4 is 5.48 Å². The summed E-state index contributed by atoms with van der Waals surface area (Å²) in [5.41, 5.74) is 3.67. The van der Waals surface area contributed by atoms with Gasteiger partial charge in [0.15, 0.2) is 0 Å². The maximum absolute atomic E-state index is 11.6. The van der Waals surface area contributed by atoms with Crippen LogP contribution in [0.25, 0.3) is 0 Å². The molecule has 0 atom stereocenters. The van der Waals surface area contributed by atoms with E-state index in [0.29, 0.717) is 18.2 Å². The van der Waals surface area contributed by atoms with Gasteiger partial charge < -0.3 is 0 Å². The molecule has 1 N–H and O–H groups in total. The maximum atomic E-state index is 11.6. The number of carbonyl (C=O) groups is 1. The lowest BCUT2D eigenvalue weighted by Crippen LogP contribution is -2.25. The predicted molar refractivity (Wildman–Crippen MR) is 67.8 cm³/mol. The van der Waals surface area contributed by atoms with Crippen molar-refractivity contribution in [3.63, 3.8) is 0 Å². The molecule has 1 aromatic rings. The summed E-state index contributed by atoms with van der Waals surface area (Å²) in [5, 5.41) is 0. The first-order valence-corrected chi connectivity index (χ1v) is 6.30. The van der Waals surface area contributed by atoms with Gasteiger partial charge in [0.25, 0.3) is 5.91 Å². The number of carbonyl (C=O) groups excluding carboxylic acids is 1. The lowest BCUT2D eigenvalue weighted by atomic mass is 10.3. The number of hydrogen-bond donors (Lipinski definition) is 1. The fraction of sp³-hybridized carbons (Fsp3) is 0.455. The smallest absolute Gasteiger partial charge is 0.273 e. The number of nitrogens with one attached hydrogen (secondary N) is 1. The summed E-state index contributed by atoms with van der Waals surface area (Å²) >= 11 is 2.18. The van der Waals surface area contributed by atoms with Crippen molar-refractivity contribution in [3.8, 4) is 0 Å². The first kappa shape index (κ1) is 11.8. The Labute approximate surface area is 108 Å². The quantitative estimate of drug-likeness (QED) is 0.678. The van der Waals surface area contributed by atoms with E-state index in [1.165, 1.54) is 12.8 Å². The number of nitrogens with zero attached hydrogens (tertiary/aromatic N) is 1. The van der Waals surface area contributed by atoms with Crippen molar-refractivity contribution in [1.29, 1.82) is 0 Å². The third-order valence-corrected chi connectivity index (χ3v) is 3.57. The predicted octanol–water partition coefficient (Wildman–Crippen LogP) is 2.07. The Balaban J connectivity index is 1.88. The first-order valence-electron chi connectivity index (χ1n) is 5.22. The number of amides is 1. The van der Waals surface area contributed by atoms with Gasteiger partial charge in [0.2, 0.25) is 0 Å². The second-order valence-corrected chi connectivity index (χ2v) is 5.11. The van der Waals surface area contributed by atoms with Crippen molar-refractivity contribution in [3.05, 3.63) is 27.1 Å². The van der Waals surface area contributed by atoms with Crippen molar-refractivity contribution in [2.45, 2.75) is 19.8 Å². The second-order valence-electron chi connectivity index (χ2n) is 3.95. The third-order valence-electron chi connectivity index (χ3n) is 2.43. The van der Waals surface area contributed by atoms with Crippen LogP contribution in [0, 0.1) is 16.4 Å². The summed E-state index contributed by atoms with van der Waals surface area (Å²) in [5.74, 6) is 0.354. The Hall–Kier alpha value is -0.690. The molecule has 1 aliphatic carbocycles. The van der Waals surface area contributed by atoms with E-state index in [1.54, 1.807) is 6.07 Å². The zero-order chi connectivity index (χ0) is 11.5. The fourth-order valence-electron chi connectivity index (χ4n) is 1.23. The molecule has 1 heterocycles. The molecular formula is C11H13IN2O2. The van der Waals surface area contributed by atoms with Crippen LogP contribution in [0.5, 0.6) is 0 Å². The Morgan fingerprint density at radius 3 is 3.00 bits per heavy atom. The van der Waals surface area contributed by atoms with Crippen LogP contribution in [-0.2, 0) is 4.84 Å². The average Bonchev–Trinajstić information content (AvgIpc) is 3.06. The van der Waals surface area contributed by atoms with Gasteiger partial charge in [-0.05, 0) is 60.4 Å². The van der Waals surface area contributed by atoms with Gasteiger partial charge in [-0.25, -0.2) is 10.5 Å². The number of halogens is 1. The van der Waals surface area contributed by atoms with E-state index in [1.807, 2.05) is 13.0 Å². The molecule has 1 aliphatic rings. The summed E-state index contributed by atoms with van der Waals surface area (Å²) in [6, 6.07) is 3.57. The van der Waals surface area contributed by atoms with Gasteiger partial charge in [-0.2, -0.15) is 0 Å². The molecule has 1 fully saturated rings. The van der Waals surface area contributed by atoms with Crippen molar-refractivity contribution in [1.82, 2.24) is 10.5 Å². The Morgan fingerprint density at radius 1 is 1.62 bits per heavy atom. The van der Waals surface area contributed by atoms with Gasteiger partial charge in [-0.1, -0.05) is 0 Å². The van der Waals surface area contributed by atoms with Gasteiger partial charge in [0.1, 0.15) is 5.69 Å². The highest BCUT2D eigenvalue weighted by atomic mass is 127. The average molecular weight is 332 g/mol. The second kappa shape index (κ2) is 5.09. The monoisotopic (exact) mass is 332 g/mol. The van der Waals surface area contributed by atoms with Gasteiger partial charge >= 0.3 is 0 Å². The summed E-state index contributed by atoms with van der Waals surface area (Å²) < 4.78 is 1.05. The molecule has 0 spiro atoms. The van der Waals surface area contributed by atoms with Crippen molar-refractivity contribution < 1.29 is 9.63 Å². The number of aryl methyl sites for hydroxylation is 1. The van der Waals surface area contributed by atoms with Crippen LogP contribution in [0.1, 0.15) is 29.0 Å². The molecule has 0 saturated heterocycles. The number of hydrogen-bond acceptors (Lipinski definition) is 3. The maximum Gasteiger partial charge on any atom is 0.293 e. The summed E-state index contributed by atoms with van der Waals surface area (Å²) in [6.07, 6.45) is 2.41. The van der Waals surface area contributed by atoms with Crippen LogP contribution in [-0.4, -0.2) is 17.5 Å². The van der Waals surface area contributed by atoms with Crippen LogP contribution >= 0.6 is 22.6 Å². The third kappa shape index (κ3) is 3.15. The Kier molecular flexibility index (Phi) is 3.75. The zero-order valence-electron chi connectivity index (χ0n) is 9.00. The number of pyridine rings is 1. The zero-order valence-corrected chi connectivity index (χ0v) is 11.2.